The number of nitrogens with two attached hydrogens (primary N) is 4. The van der Waals surface area contributed by atoms with Gasteiger partial charge in [0.1, 0.15) is 72.5 Å². The number of H-pyrrole nitrogens is 1. The van der Waals surface area contributed by atoms with Crippen molar-refractivity contribution in [1.29, 1.82) is 0 Å². The van der Waals surface area contributed by atoms with Gasteiger partial charge in [0.25, 0.3) is 0 Å². The van der Waals surface area contributed by atoms with Crippen molar-refractivity contribution in [1.82, 2.24) is 79.1 Å². The van der Waals surface area contributed by atoms with E-state index in [-0.39, 0.29) is 69.4 Å². The Balaban J connectivity index is 3.35. The van der Waals surface area contributed by atoms with E-state index in [4.69, 9.17) is 22.9 Å². The van der Waals surface area contributed by atoms with Crippen molar-refractivity contribution >= 4 is 88.7 Å². The van der Waals surface area contributed by atoms with E-state index in [9.17, 15) is 82.1 Å². The third-order valence-corrected chi connectivity index (χ3v) is 17.1. The van der Waals surface area contributed by atoms with Crippen LogP contribution in [0.4, 0.5) is 0 Å². The van der Waals surface area contributed by atoms with Gasteiger partial charge in [0.2, 0.25) is 82.7 Å². The summed E-state index contributed by atoms with van der Waals surface area (Å²) in [6.45, 7) is 22.3. The SMILES string of the molecule is CC[C@H](C)[C@H](NC(=O)CNC(=O)[C@@H](NC(=O)[C@@H](NC(=O)[C@H](Cc1cnc[nH]1)NC(=O)[C@H](CCCCN)NC(=O)[C@H](C)NC(=O)[C@H](CC(C)C)NC(=O)[C@H](CC(=O)O)NC(=O)[C@@H](N)CC(C)C)C(C)C)[C@@H](C)CC)C(=O)N[C@@H](C)C(=O)N[C@@H](CO)C(=O)N[C@@H](CCCCN)C(=O)N[C@@H](CC(C)C)C(N)=O. The molecule has 0 saturated carbocycles. The summed E-state index contributed by atoms with van der Waals surface area (Å²) < 4.78 is 0. The number of aliphatic carboxylic acids is 1. The first-order valence-electron chi connectivity index (χ1n) is 35.9. The van der Waals surface area contributed by atoms with E-state index in [2.05, 4.69) is 79.1 Å². The van der Waals surface area contributed by atoms with Crippen LogP contribution in [-0.4, -0.2) is 214 Å². The van der Waals surface area contributed by atoms with Gasteiger partial charge in [-0.05, 0) is 120 Å². The number of aliphatic hydroxyl groups excluding tert-OH is 1. The number of carbonyl (C=O) groups is 15. The lowest BCUT2D eigenvalue weighted by Gasteiger charge is -2.30. The summed E-state index contributed by atoms with van der Waals surface area (Å²) in [5.41, 5.74) is 23.3. The summed E-state index contributed by atoms with van der Waals surface area (Å²) in [5.74, 6) is -15.3. The van der Waals surface area contributed by atoms with Crippen LogP contribution < -0.4 is 92.1 Å². The van der Waals surface area contributed by atoms with Crippen LogP contribution in [0.1, 0.15) is 180 Å². The van der Waals surface area contributed by atoms with Crippen LogP contribution in [-0.2, 0) is 78.3 Å². The van der Waals surface area contributed by atoms with E-state index < -0.39 is 205 Å². The maximum absolute atomic E-state index is 14.5. The fourth-order valence-electron chi connectivity index (χ4n) is 10.6. The first kappa shape index (κ1) is 93.1. The van der Waals surface area contributed by atoms with E-state index in [0.29, 0.717) is 44.2 Å². The van der Waals surface area contributed by atoms with Crippen LogP contribution in [0, 0.1) is 35.5 Å². The van der Waals surface area contributed by atoms with Crippen LogP contribution in [0.25, 0.3) is 0 Å². The summed E-state index contributed by atoms with van der Waals surface area (Å²) in [6.07, 6.45) is 4.52. The van der Waals surface area contributed by atoms with Crippen LogP contribution in [0.3, 0.4) is 0 Å². The van der Waals surface area contributed by atoms with Crippen molar-refractivity contribution in [3.05, 3.63) is 18.2 Å². The average molecular weight is 1480 g/mol. The molecule has 0 fully saturated rings. The summed E-state index contributed by atoms with van der Waals surface area (Å²) in [7, 11) is 0. The minimum Gasteiger partial charge on any atom is -0.481 e. The van der Waals surface area contributed by atoms with Crippen molar-refractivity contribution in [3.63, 3.8) is 0 Å². The van der Waals surface area contributed by atoms with E-state index >= 15 is 0 Å². The summed E-state index contributed by atoms with van der Waals surface area (Å²) >= 11 is 0. The quantitative estimate of drug-likeness (QED) is 0.0280. The zero-order valence-electron chi connectivity index (χ0n) is 62.9. The van der Waals surface area contributed by atoms with Gasteiger partial charge in [-0.3, -0.25) is 71.9 Å². The van der Waals surface area contributed by atoms with Crippen molar-refractivity contribution in [2.45, 2.75) is 259 Å². The Kier molecular flexibility index (Phi) is 43.1. The van der Waals surface area contributed by atoms with Gasteiger partial charge >= 0.3 is 5.97 Å². The van der Waals surface area contributed by atoms with E-state index in [1.807, 2.05) is 27.7 Å². The zero-order valence-corrected chi connectivity index (χ0v) is 62.9. The van der Waals surface area contributed by atoms with Crippen molar-refractivity contribution < 1.29 is 82.1 Å². The second-order valence-corrected chi connectivity index (χ2v) is 28.2. The standard InChI is InChI=1S/C68H121N19O17/c1-15-38(11)54(66(102)74-31-51(89)85-55(39(12)16-2)68(104)77-41(14)58(94)84-50(32-88)65(101)79-45(22-18-20-24-70)60(96)80-46(56(72)92)26-35(5)6)87-67(103)53(37(9)10)86-64(100)48(28-42-30-73-33-75-42)83-61(97)44(21-17-19-23-69)78-57(93)40(13)76-62(98)47(27-36(7)8)82-63(99)49(29-52(90)91)81-59(95)43(71)25-34(3)4/h30,33-41,43-50,53-55,88H,15-29,31-32,69-71H2,1-14H3,(H2,72,92)(H,73,75)(H,74,102)(H,76,98)(H,77,104)(H,78,93)(H,79,101)(H,80,96)(H,81,95)(H,82,99)(H,83,97)(H,84,94)(H,85,89)(H,86,100)(H,87,103)(H,90,91)/t38-,39-,40-,41-,43-,44-,45-,46-,47-,48-,49-,50-,53-,54-,55-/m0/s1. The van der Waals surface area contributed by atoms with Gasteiger partial charge in [-0.1, -0.05) is 95.9 Å². The Labute approximate surface area is 609 Å². The van der Waals surface area contributed by atoms with Crippen LogP contribution in [0.2, 0.25) is 0 Å². The number of aliphatic hydroxyl groups is 1. The Morgan fingerprint density at radius 1 is 0.452 bits per heavy atom. The number of carbonyl (C=O) groups excluding carboxylic acids is 14. The van der Waals surface area contributed by atoms with E-state index in [1.54, 1.807) is 55.4 Å². The number of carboxylic acids is 1. The lowest BCUT2D eigenvalue weighted by atomic mass is 9.96. The lowest BCUT2D eigenvalue weighted by Crippen LogP contribution is -2.61. The molecule has 14 amide bonds. The molecule has 15 atom stereocenters. The topological polar surface area (TPSA) is 586 Å². The molecule has 0 bridgehead atoms. The molecule has 24 N–H and O–H groups in total. The predicted molar refractivity (Wildman–Crippen MR) is 384 cm³/mol. The third kappa shape index (κ3) is 34.6. The monoisotopic (exact) mass is 1480 g/mol. The zero-order chi connectivity index (χ0) is 79.2. The summed E-state index contributed by atoms with van der Waals surface area (Å²) in [5, 5.41) is 52.9. The van der Waals surface area contributed by atoms with Crippen molar-refractivity contribution in [3.8, 4) is 0 Å². The fraction of sp³-hybridized carbons (Fsp3) is 0.735. The molecule has 104 heavy (non-hydrogen) atoms. The highest BCUT2D eigenvalue weighted by Crippen LogP contribution is 2.15. The molecule has 0 unspecified atom stereocenters. The maximum Gasteiger partial charge on any atom is 0.305 e. The molecule has 0 aromatic carbocycles. The number of aromatic amines is 1. The molecule has 1 aromatic heterocycles. The molecular formula is C68H121N19O17. The Bertz CT molecular complexity index is 2970. The lowest BCUT2D eigenvalue weighted by molar-refractivity contribution is -0.141. The summed E-state index contributed by atoms with van der Waals surface area (Å²) in [4.78, 5) is 210. The molecule has 1 rings (SSSR count). The molecule has 1 heterocycles. The van der Waals surface area contributed by atoms with E-state index in [1.165, 1.54) is 26.4 Å². The largest absolute Gasteiger partial charge is 0.481 e. The van der Waals surface area contributed by atoms with E-state index in [0.717, 1.165) is 0 Å². The molecule has 0 saturated heterocycles. The van der Waals surface area contributed by atoms with Gasteiger partial charge < -0.3 is 107 Å². The smallest absolute Gasteiger partial charge is 0.305 e. The van der Waals surface area contributed by atoms with Crippen molar-refractivity contribution in [2.24, 2.45) is 58.4 Å². The molecule has 36 heteroatoms. The number of nitrogens with one attached hydrogen (secondary N) is 14. The molecule has 0 spiro atoms. The minimum atomic E-state index is -1.62. The second kappa shape index (κ2) is 48.2. The van der Waals surface area contributed by atoms with Crippen LogP contribution >= 0.6 is 0 Å². The number of hydrogen-bond donors (Lipinski definition) is 20. The van der Waals surface area contributed by atoms with Gasteiger partial charge in [-0.15, -0.1) is 0 Å². The molecular weight excluding hydrogens is 1350 g/mol. The molecule has 1 aromatic rings. The van der Waals surface area contributed by atoms with Crippen LogP contribution in [0.5, 0.6) is 0 Å². The molecule has 0 aliphatic rings. The average Bonchev–Trinajstić information content (AvgIpc) is 1.09. The normalized spacial score (nSPS) is 15.7. The van der Waals surface area contributed by atoms with Gasteiger partial charge in [0.05, 0.1) is 31.9 Å². The highest BCUT2D eigenvalue weighted by molar-refractivity contribution is 6.00. The second-order valence-electron chi connectivity index (χ2n) is 28.2. The highest BCUT2D eigenvalue weighted by Gasteiger charge is 2.38. The summed E-state index contributed by atoms with van der Waals surface area (Å²) in [6, 6.07) is -17.3. The number of imidazole rings is 1. The predicted octanol–water partition coefficient (Wildman–Crippen LogP) is -3.65. The van der Waals surface area contributed by atoms with Crippen molar-refractivity contribution in [2.75, 3.05) is 26.2 Å². The number of rotatable bonds is 51. The fourth-order valence-corrected chi connectivity index (χ4v) is 10.6. The molecule has 36 nitrogen and oxygen atoms in total. The number of primary amides is 1. The first-order valence-corrected chi connectivity index (χ1v) is 35.9. The first-order chi connectivity index (χ1) is 48.7. The number of unbranched alkanes of at least 4 members (excludes halogenated alkanes) is 2. The van der Waals surface area contributed by atoms with Gasteiger partial charge in [0.15, 0.2) is 0 Å². The van der Waals surface area contributed by atoms with Gasteiger partial charge in [-0.2, -0.15) is 0 Å². The number of nitrogens with zero attached hydrogens (tertiary/aromatic N) is 1. The number of hydrogen-bond acceptors (Lipinski definition) is 20. The Morgan fingerprint density at radius 3 is 1.32 bits per heavy atom. The Morgan fingerprint density at radius 2 is 0.856 bits per heavy atom. The number of amides is 14. The Hall–Kier alpha value is -8.90. The third-order valence-electron chi connectivity index (χ3n) is 17.1. The number of aromatic nitrogens is 2. The molecule has 0 aliphatic carbocycles. The molecule has 0 aliphatic heterocycles. The van der Waals surface area contributed by atoms with Gasteiger partial charge in [-0.25, -0.2) is 4.98 Å². The van der Waals surface area contributed by atoms with Crippen LogP contribution in [0.15, 0.2) is 12.5 Å². The molecule has 0 radical (unpaired) electrons. The number of carboxylic acid groups (broad SMARTS) is 1. The minimum absolute atomic E-state index is 0.00195. The highest BCUT2D eigenvalue weighted by atomic mass is 16.4. The van der Waals surface area contributed by atoms with Gasteiger partial charge in [0, 0.05) is 18.3 Å². The maximum atomic E-state index is 14.5. The molecule has 590 valence electrons.